The second-order valence-corrected chi connectivity index (χ2v) is 48.7. The van der Waals surface area contributed by atoms with E-state index in [0.29, 0.717) is 0 Å². The average molecular weight is 1740 g/mol. The molecule has 0 N–H and O–H groups in total. The maximum absolute atomic E-state index is 2.51. The predicted octanol–water partition coefficient (Wildman–Crippen LogP) is 41.8. The van der Waals surface area contributed by atoms with Crippen LogP contribution in [0.3, 0.4) is 0 Å². The topological polar surface area (TPSA) is 0 Å². The Bertz CT molecular complexity index is 3210. The normalized spacial score (nSPS) is 35.3. The molecule has 28 rings (SSSR count). The molecule has 0 aliphatic heterocycles. The van der Waals surface area contributed by atoms with Gasteiger partial charge in [-0.2, -0.15) is 0 Å². The lowest BCUT2D eigenvalue weighted by Crippen LogP contribution is -2.28. The lowest BCUT2D eigenvalue weighted by atomic mass is 9.66. The van der Waals surface area contributed by atoms with E-state index in [1.54, 1.807) is 140 Å². The lowest BCUT2D eigenvalue weighted by molar-refractivity contribution is 0.115. The lowest BCUT2D eigenvalue weighted by Gasteiger charge is -2.40. The molecule has 0 bridgehead atoms. The number of rotatable bonds is 0. The molecule has 28 aliphatic rings. The highest BCUT2D eigenvalue weighted by molar-refractivity contribution is 5.27. The van der Waals surface area contributed by atoms with Gasteiger partial charge in [0.1, 0.15) is 0 Å². The van der Waals surface area contributed by atoms with Crippen molar-refractivity contribution in [2.75, 3.05) is 0 Å². The summed E-state index contributed by atoms with van der Waals surface area (Å²) < 4.78 is 0. The van der Waals surface area contributed by atoms with Gasteiger partial charge in [0.2, 0.25) is 0 Å². The molecular weight excluding hydrogens is 1530 g/mol. The fraction of sp³-hybridized carbons (Fsp3) is 0.858. The molecule has 14 fully saturated rings. The van der Waals surface area contributed by atoms with Crippen molar-refractivity contribution in [1.29, 1.82) is 0 Å². The predicted molar refractivity (Wildman–Crippen MR) is 555 cm³/mol. The third-order valence-corrected chi connectivity index (χ3v) is 40.7. The van der Waals surface area contributed by atoms with Gasteiger partial charge in [-0.3, -0.25) is 0 Å². The summed E-state index contributed by atoms with van der Waals surface area (Å²) in [6, 6.07) is 0. The highest BCUT2D eigenvalue weighted by Crippen LogP contribution is 2.50. The number of hydrogen-bond donors (Lipinski definition) is 0. The Kier molecular flexibility index (Phi) is 44.5. The Labute approximate surface area is 789 Å². The summed E-state index contributed by atoms with van der Waals surface area (Å²) in [4.78, 5) is 0. The molecule has 0 heteroatoms. The van der Waals surface area contributed by atoms with Crippen LogP contribution in [0.1, 0.15) is 597 Å². The van der Waals surface area contributed by atoms with Gasteiger partial charge in [-0.15, -0.1) is 0 Å². The maximum Gasteiger partial charge on any atom is -0.0200 e. The average Bonchev–Trinajstić information content (AvgIpc) is 1.85. The number of hydrogen-bond acceptors (Lipinski definition) is 0. The SMILES string of the molecule is C1=C2CCCC2CC1.C1=C2CCCCC2CCC1.C1=CC2CCCC2CC1.C1=CC2CCCCC2CC1.C1CC2=C(C1)CCC2.C1CC2CCCC2C1.C1CCC2=C(C1)CC2.C1CCC2=C(C1)CCC2.C1CCC2=C(C1)CCCC2.C1CCC2=C(CC1)CCC2.C1CCC2CCC2C1.C1CCC2CCCC2C1.C1CCC2CCCC2CC1.C1CCC2CCCCC2C1. The van der Waals surface area contributed by atoms with Gasteiger partial charge in [0.25, 0.3) is 0 Å². The highest BCUT2D eigenvalue weighted by Gasteiger charge is 2.36. The third-order valence-electron chi connectivity index (χ3n) is 40.7. The monoisotopic (exact) mass is 1730 g/mol. The van der Waals surface area contributed by atoms with Gasteiger partial charge in [-0.1, -0.05) is 347 Å². The van der Waals surface area contributed by atoms with Crippen molar-refractivity contribution >= 4 is 0 Å². The molecule has 0 aromatic heterocycles. The van der Waals surface area contributed by atoms with Crippen molar-refractivity contribution in [3.8, 4) is 0 Å². The van der Waals surface area contributed by atoms with Crippen LogP contribution in [0, 0.1) is 94.7 Å². The standard InChI is InChI=1S/C10H18.3C10H16.C10H18.C10H16.C9H16.2C9H14.C8H14.2C8H12.C8H14.C8H12/c4*1-2-6-10-8-4-3-7-9(10)5-1;2*1-2-5-9-7-4-8-10(9)6-3-1;3*1-2-5-9-7-3-6-8(9)4-1;3*1-3-7-5-2-6-8(7)4-1;2*1-2-4-8-6-5-7(8)3-1/h9-10H,1-8H2;1-8H2;5,10H,1-4,6-8H2;1,5,9-10H,2-4,6-8H2;9-10H,1-8H2;1-8H2;8-9H,1-7H2;1-7H2;1,4,8-9H,2-3,5-7H2;7-8H,1-6H2;1-6H2;3,8H,1-2,4-6H2;7-8H,1-6H2;1-6H2. The summed E-state index contributed by atoms with van der Waals surface area (Å²) in [5.74, 6) is 17.8. The third kappa shape index (κ3) is 32.7. The van der Waals surface area contributed by atoms with E-state index in [2.05, 4.69) is 36.5 Å². The molecule has 0 aromatic carbocycles. The minimum atomic E-state index is 0.975. The zero-order valence-electron chi connectivity index (χ0n) is 84.5. The fourth-order valence-electron chi connectivity index (χ4n) is 32.7. The van der Waals surface area contributed by atoms with Crippen LogP contribution in [0.5, 0.6) is 0 Å². The zero-order chi connectivity index (χ0) is 86.2. The molecule has 14 saturated carbocycles. The van der Waals surface area contributed by atoms with Crippen LogP contribution >= 0.6 is 0 Å². The summed E-state index contributed by atoms with van der Waals surface area (Å²) in [6.45, 7) is 0. The molecule has 12 atom stereocenters. The van der Waals surface area contributed by atoms with Gasteiger partial charge in [0.05, 0.1) is 0 Å². The molecule has 0 saturated heterocycles. The maximum atomic E-state index is 2.51. The van der Waals surface area contributed by atoms with Gasteiger partial charge < -0.3 is 0 Å². The van der Waals surface area contributed by atoms with E-state index >= 15 is 0 Å². The Balaban J connectivity index is 0.000000105. The molecule has 0 aromatic rings. The van der Waals surface area contributed by atoms with Crippen LogP contribution in [0.2, 0.25) is 0 Å². The van der Waals surface area contributed by atoms with E-state index in [1.807, 2.05) is 55.7 Å². The summed E-state index contributed by atoms with van der Waals surface area (Å²) >= 11 is 0. The van der Waals surface area contributed by atoms with Gasteiger partial charge in [0, 0.05) is 0 Å². The van der Waals surface area contributed by atoms with Crippen LogP contribution in [0.4, 0.5) is 0 Å². The van der Waals surface area contributed by atoms with Gasteiger partial charge in [-0.25, -0.2) is 0 Å². The number of allylic oxidation sites excluding steroid dienone is 18. The van der Waals surface area contributed by atoms with E-state index in [4.69, 9.17) is 0 Å². The van der Waals surface area contributed by atoms with Gasteiger partial charge in [0.15, 0.2) is 0 Å². The molecule has 716 valence electrons. The molecule has 0 spiro atoms. The first-order valence-corrected chi connectivity index (χ1v) is 60.2. The fourth-order valence-corrected chi connectivity index (χ4v) is 32.7. The Morgan fingerprint density at radius 1 is 0.126 bits per heavy atom. The second-order valence-electron chi connectivity index (χ2n) is 48.7. The number of fused-ring (bicyclic) bond motifs is 9. The van der Waals surface area contributed by atoms with Gasteiger partial charge >= 0.3 is 0 Å². The van der Waals surface area contributed by atoms with Crippen molar-refractivity contribution in [1.82, 2.24) is 0 Å². The highest BCUT2D eigenvalue weighted by atomic mass is 14.4. The first kappa shape index (κ1) is 99.1. The summed E-state index contributed by atoms with van der Waals surface area (Å²) in [5.41, 5.74) is 21.9. The first-order chi connectivity index (χ1) is 63.0. The van der Waals surface area contributed by atoms with Crippen molar-refractivity contribution in [2.45, 2.75) is 597 Å². The van der Waals surface area contributed by atoms with Crippen molar-refractivity contribution in [3.63, 3.8) is 0 Å². The summed E-state index contributed by atoms with van der Waals surface area (Å²) in [7, 11) is 0. The molecule has 127 heavy (non-hydrogen) atoms. The van der Waals surface area contributed by atoms with Gasteiger partial charge in [-0.05, 0) is 448 Å². The molecule has 28 aliphatic carbocycles. The van der Waals surface area contributed by atoms with Crippen LogP contribution in [-0.4, -0.2) is 0 Å². The largest absolute Gasteiger partial charge is 0.0882 e. The van der Waals surface area contributed by atoms with E-state index < -0.39 is 0 Å². The first-order valence-electron chi connectivity index (χ1n) is 60.2. The smallest absolute Gasteiger partial charge is 0.0200 e. The Morgan fingerprint density at radius 3 is 0.677 bits per heavy atom. The van der Waals surface area contributed by atoms with Crippen molar-refractivity contribution in [3.05, 3.63) is 103 Å². The van der Waals surface area contributed by atoms with Crippen LogP contribution in [-0.2, 0) is 0 Å². The van der Waals surface area contributed by atoms with Crippen molar-refractivity contribution in [2.24, 2.45) is 94.7 Å². The molecule has 12 unspecified atom stereocenters. The second kappa shape index (κ2) is 57.0. The molecule has 0 nitrogen and oxygen atoms in total. The van der Waals surface area contributed by atoms with Crippen molar-refractivity contribution < 1.29 is 0 Å². The van der Waals surface area contributed by atoms with E-state index in [-0.39, 0.29) is 0 Å². The summed E-state index contributed by atoms with van der Waals surface area (Å²) in [6.07, 6.45) is 153. The Hall–Kier alpha value is -2.34. The van der Waals surface area contributed by atoms with Crippen LogP contribution in [0.25, 0.3) is 0 Å². The molecule has 0 radical (unpaired) electrons. The van der Waals surface area contributed by atoms with E-state index in [1.165, 1.54) is 504 Å². The van der Waals surface area contributed by atoms with E-state index in [0.717, 1.165) is 59.2 Å². The molecular formula is C127H208. The Morgan fingerprint density at radius 2 is 0.346 bits per heavy atom. The zero-order valence-corrected chi connectivity index (χ0v) is 84.5. The van der Waals surface area contributed by atoms with E-state index in [9.17, 15) is 0 Å². The van der Waals surface area contributed by atoms with Crippen LogP contribution < -0.4 is 0 Å². The molecule has 0 heterocycles. The van der Waals surface area contributed by atoms with Crippen LogP contribution in [0.15, 0.2) is 103 Å². The quantitative estimate of drug-likeness (QED) is 0.212. The summed E-state index contributed by atoms with van der Waals surface area (Å²) in [5, 5.41) is 0. The minimum Gasteiger partial charge on any atom is -0.0882 e. The minimum absolute atomic E-state index is 0.975. The molecule has 0 amide bonds.